The summed E-state index contributed by atoms with van der Waals surface area (Å²) in [5.41, 5.74) is 4.20. The number of benzene rings is 1. The van der Waals surface area contributed by atoms with Crippen LogP contribution >= 0.6 is 0 Å². The van der Waals surface area contributed by atoms with Gasteiger partial charge in [-0.1, -0.05) is 23.8 Å². The SMILES string of the molecule is Cc1ccc(CCNCC2CCC(O)CC2)c(C)c1. The summed E-state index contributed by atoms with van der Waals surface area (Å²) in [5, 5.41) is 13.1. The third-order valence-electron chi connectivity index (χ3n) is 4.32. The van der Waals surface area contributed by atoms with Gasteiger partial charge in [0.25, 0.3) is 0 Å². The van der Waals surface area contributed by atoms with E-state index in [1.165, 1.54) is 29.5 Å². The number of aliphatic hydroxyl groups excluding tert-OH is 1. The van der Waals surface area contributed by atoms with Crippen molar-refractivity contribution in [1.82, 2.24) is 5.32 Å². The average Bonchev–Trinajstić information content (AvgIpc) is 2.39. The molecule has 2 heteroatoms. The van der Waals surface area contributed by atoms with Gasteiger partial charge in [0, 0.05) is 0 Å². The Balaban J connectivity index is 1.66. The minimum Gasteiger partial charge on any atom is -0.393 e. The van der Waals surface area contributed by atoms with E-state index in [1.807, 2.05) is 0 Å². The Labute approximate surface area is 117 Å². The van der Waals surface area contributed by atoms with E-state index in [2.05, 4.69) is 37.4 Å². The van der Waals surface area contributed by atoms with Gasteiger partial charge in [0.1, 0.15) is 0 Å². The lowest BCUT2D eigenvalue weighted by Gasteiger charge is -2.25. The van der Waals surface area contributed by atoms with E-state index in [-0.39, 0.29) is 6.10 Å². The van der Waals surface area contributed by atoms with Crippen molar-refractivity contribution in [3.05, 3.63) is 34.9 Å². The lowest BCUT2D eigenvalue weighted by molar-refractivity contribution is 0.108. The highest BCUT2D eigenvalue weighted by Gasteiger charge is 2.18. The zero-order valence-electron chi connectivity index (χ0n) is 12.3. The van der Waals surface area contributed by atoms with Crippen LogP contribution in [0.25, 0.3) is 0 Å². The molecule has 0 heterocycles. The quantitative estimate of drug-likeness (QED) is 0.799. The van der Waals surface area contributed by atoms with Gasteiger partial charge in [0.15, 0.2) is 0 Å². The molecule has 0 amide bonds. The molecule has 1 saturated carbocycles. The molecule has 0 unspecified atom stereocenters. The van der Waals surface area contributed by atoms with E-state index >= 15 is 0 Å². The molecule has 0 saturated heterocycles. The highest BCUT2D eigenvalue weighted by atomic mass is 16.3. The maximum atomic E-state index is 9.48. The minimum atomic E-state index is -0.0357. The van der Waals surface area contributed by atoms with Crippen LogP contribution in [-0.2, 0) is 6.42 Å². The van der Waals surface area contributed by atoms with Crippen LogP contribution in [0.2, 0.25) is 0 Å². The van der Waals surface area contributed by atoms with Gasteiger partial charge in [-0.15, -0.1) is 0 Å². The fourth-order valence-electron chi connectivity index (χ4n) is 3.00. The Hall–Kier alpha value is -0.860. The fourth-order valence-corrected chi connectivity index (χ4v) is 3.00. The number of nitrogens with one attached hydrogen (secondary N) is 1. The Bertz CT molecular complexity index is 394. The minimum absolute atomic E-state index is 0.0357. The molecular formula is C17H27NO. The van der Waals surface area contributed by atoms with Crippen molar-refractivity contribution in [2.24, 2.45) is 5.92 Å². The summed E-state index contributed by atoms with van der Waals surface area (Å²) in [4.78, 5) is 0. The number of aliphatic hydroxyl groups is 1. The van der Waals surface area contributed by atoms with E-state index in [1.54, 1.807) is 0 Å². The predicted molar refractivity (Wildman–Crippen MR) is 80.5 cm³/mol. The van der Waals surface area contributed by atoms with Crippen molar-refractivity contribution in [2.75, 3.05) is 13.1 Å². The van der Waals surface area contributed by atoms with Crippen LogP contribution in [0.1, 0.15) is 42.4 Å². The molecule has 2 rings (SSSR count). The third-order valence-corrected chi connectivity index (χ3v) is 4.32. The van der Waals surface area contributed by atoms with Crippen molar-refractivity contribution < 1.29 is 5.11 Å². The van der Waals surface area contributed by atoms with Crippen LogP contribution in [0.15, 0.2) is 18.2 Å². The fraction of sp³-hybridized carbons (Fsp3) is 0.647. The van der Waals surface area contributed by atoms with Gasteiger partial charge < -0.3 is 10.4 Å². The van der Waals surface area contributed by atoms with Crippen molar-refractivity contribution in [3.8, 4) is 0 Å². The summed E-state index contributed by atoms with van der Waals surface area (Å²) in [7, 11) is 0. The van der Waals surface area contributed by atoms with E-state index in [4.69, 9.17) is 0 Å². The number of rotatable bonds is 5. The van der Waals surface area contributed by atoms with Crippen molar-refractivity contribution >= 4 is 0 Å². The van der Waals surface area contributed by atoms with Gasteiger partial charge in [0.2, 0.25) is 0 Å². The average molecular weight is 261 g/mol. The molecule has 1 aromatic rings. The van der Waals surface area contributed by atoms with Gasteiger partial charge in [-0.05, 0) is 76.1 Å². The summed E-state index contributed by atoms with van der Waals surface area (Å²) >= 11 is 0. The molecule has 0 aromatic heterocycles. The number of aryl methyl sites for hydroxylation is 2. The summed E-state index contributed by atoms with van der Waals surface area (Å²) in [6, 6.07) is 6.71. The van der Waals surface area contributed by atoms with Crippen LogP contribution in [0.4, 0.5) is 0 Å². The molecule has 0 bridgehead atoms. The lowest BCUT2D eigenvalue weighted by Crippen LogP contribution is -2.29. The summed E-state index contributed by atoms with van der Waals surface area (Å²) in [5.74, 6) is 0.766. The molecule has 1 aliphatic carbocycles. The predicted octanol–water partition coefficient (Wildman–Crippen LogP) is 2.99. The zero-order chi connectivity index (χ0) is 13.7. The summed E-state index contributed by atoms with van der Waals surface area (Å²) in [6.07, 6.45) is 5.41. The number of hydrogen-bond donors (Lipinski definition) is 2. The molecule has 0 atom stereocenters. The first-order valence-electron chi connectivity index (χ1n) is 7.60. The normalized spacial score (nSPS) is 23.5. The van der Waals surface area contributed by atoms with Gasteiger partial charge in [-0.25, -0.2) is 0 Å². The second kappa shape index (κ2) is 7.06. The molecule has 2 N–H and O–H groups in total. The van der Waals surface area contributed by atoms with Crippen LogP contribution < -0.4 is 5.32 Å². The molecule has 1 aliphatic rings. The van der Waals surface area contributed by atoms with E-state index in [0.717, 1.165) is 38.3 Å². The second-order valence-corrected chi connectivity index (χ2v) is 6.06. The maximum absolute atomic E-state index is 9.48. The van der Waals surface area contributed by atoms with Gasteiger partial charge >= 0.3 is 0 Å². The van der Waals surface area contributed by atoms with Gasteiger partial charge in [0.05, 0.1) is 6.10 Å². The van der Waals surface area contributed by atoms with Crippen LogP contribution in [0.5, 0.6) is 0 Å². The van der Waals surface area contributed by atoms with Crippen LogP contribution in [0, 0.1) is 19.8 Å². The summed E-state index contributed by atoms with van der Waals surface area (Å²) < 4.78 is 0. The van der Waals surface area contributed by atoms with E-state index < -0.39 is 0 Å². The highest BCUT2D eigenvalue weighted by Crippen LogP contribution is 2.23. The number of hydrogen-bond acceptors (Lipinski definition) is 2. The standard InChI is InChI=1S/C17H27NO/c1-13-3-6-16(14(2)11-13)9-10-18-12-15-4-7-17(19)8-5-15/h3,6,11,15,17-19H,4-5,7-10,12H2,1-2H3. The second-order valence-electron chi connectivity index (χ2n) is 6.06. The molecule has 19 heavy (non-hydrogen) atoms. The first-order chi connectivity index (χ1) is 9.15. The van der Waals surface area contributed by atoms with E-state index in [0.29, 0.717) is 0 Å². The molecule has 0 radical (unpaired) electrons. The zero-order valence-corrected chi connectivity index (χ0v) is 12.3. The molecular weight excluding hydrogens is 234 g/mol. The smallest absolute Gasteiger partial charge is 0.0540 e. The Morgan fingerprint density at radius 2 is 1.89 bits per heavy atom. The lowest BCUT2D eigenvalue weighted by atomic mass is 9.87. The molecule has 0 aliphatic heterocycles. The topological polar surface area (TPSA) is 32.3 Å². The Morgan fingerprint density at radius 1 is 1.16 bits per heavy atom. The van der Waals surface area contributed by atoms with Gasteiger partial charge in [-0.2, -0.15) is 0 Å². The van der Waals surface area contributed by atoms with Gasteiger partial charge in [-0.3, -0.25) is 0 Å². The van der Waals surface area contributed by atoms with Crippen LogP contribution in [-0.4, -0.2) is 24.3 Å². The maximum Gasteiger partial charge on any atom is 0.0540 e. The molecule has 2 nitrogen and oxygen atoms in total. The molecule has 1 aromatic carbocycles. The van der Waals surface area contributed by atoms with Crippen molar-refractivity contribution in [1.29, 1.82) is 0 Å². The van der Waals surface area contributed by atoms with Crippen molar-refractivity contribution in [2.45, 2.75) is 52.1 Å². The highest BCUT2D eigenvalue weighted by molar-refractivity contribution is 5.30. The Kier molecular flexibility index (Phi) is 5.41. The first-order valence-corrected chi connectivity index (χ1v) is 7.60. The molecule has 1 fully saturated rings. The first kappa shape index (κ1) is 14.5. The third kappa shape index (κ3) is 4.63. The summed E-state index contributed by atoms with van der Waals surface area (Å²) in [6.45, 7) is 6.51. The Morgan fingerprint density at radius 3 is 2.58 bits per heavy atom. The monoisotopic (exact) mass is 261 g/mol. The largest absolute Gasteiger partial charge is 0.393 e. The molecule has 106 valence electrons. The molecule has 0 spiro atoms. The van der Waals surface area contributed by atoms with Crippen molar-refractivity contribution in [3.63, 3.8) is 0 Å². The van der Waals surface area contributed by atoms with E-state index in [9.17, 15) is 5.11 Å². The van der Waals surface area contributed by atoms with Crippen LogP contribution in [0.3, 0.4) is 0 Å².